The van der Waals surface area contributed by atoms with Gasteiger partial charge in [0.15, 0.2) is 0 Å². The summed E-state index contributed by atoms with van der Waals surface area (Å²) >= 11 is 15.1. The van der Waals surface area contributed by atoms with Crippen LogP contribution >= 0.6 is 39.1 Å². The molecule has 5 heteroatoms. The Labute approximate surface area is 136 Å². The molecule has 20 heavy (non-hydrogen) atoms. The molecule has 0 fully saturated rings. The average Bonchev–Trinajstić information content (AvgIpc) is 2.45. The Morgan fingerprint density at radius 1 is 1.10 bits per heavy atom. The molecule has 0 unspecified atom stereocenters. The molecule has 1 N–H and O–H groups in total. The number of hydrogen-bond acceptors (Lipinski definition) is 1. The molecule has 0 aliphatic heterocycles. The molecule has 104 valence electrons. The normalized spacial score (nSPS) is 10.3. The zero-order valence-corrected chi connectivity index (χ0v) is 13.6. The largest absolute Gasteiger partial charge is 0.348 e. The van der Waals surface area contributed by atoms with Crippen molar-refractivity contribution in [3.05, 3.63) is 68.7 Å². The lowest BCUT2D eigenvalue weighted by atomic mass is 10.1. The second kappa shape index (κ2) is 7.11. The zero-order valence-electron chi connectivity index (χ0n) is 10.5. The monoisotopic (exact) mass is 371 g/mol. The molecule has 2 nitrogen and oxygen atoms in total. The minimum Gasteiger partial charge on any atom is -0.348 e. The van der Waals surface area contributed by atoms with E-state index in [0.29, 0.717) is 23.0 Å². The Hall–Kier alpha value is -1.03. The predicted octanol–water partition coefficient (Wildman–Crippen LogP) is 4.77. The summed E-state index contributed by atoms with van der Waals surface area (Å²) in [7, 11) is 0. The van der Waals surface area contributed by atoms with E-state index in [4.69, 9.17) is 23.2 Å². The van der Waals surface area contributed by atoms with Crippen molar-refractivity contribution in [1.29, 1.82) is 0 Å². The summed E-state index contributed by atoms with van der Waals surface area (Å²) < 4.78 is 0.843. The van der Waals surface area contributed by atoms with Gasteiger partial charge < -0.3 is 5.32 Å². The number of hydrogen-bond donors (Lipinski definition) is 1. The molecular formula is C15H12BrCl2NO. The zero-order chi connectivity index (χ0) is 14.5. The third-order valence-corrected chi connectivity index (χ3v) is 3.92. The summed E-state index contributed by atoms with van der Waals surface area (Å²) in [5, 5.41) is 3.27. The van der Waals surface area contributed by atoms with Crippen molar-refractivity contribution in [2.75, 3.05) is 0 Å². The van der Waals surface area contributed by atoms with Crippen LogP contribution < -0.4 is 5.32 Å². The maximum atomic E-state index is 12.0. The van der Waals surface area contributed by atoms with Crippen LogP contribution in [0.4, 0.5) is 0 Å². The van der Waals surface area contributed by atoms with Gasteiger partial charge in [-0.15, -0.1) is 11.6 Å². The van der Waals surface area contributed by atoms with E-state index in [1.165, 1.54) is 0 Å². The van der Waals surface area contributed by atoms with E-state index in [1.807, 2.05) is 24.3 Å². The minimum atomic E-state index is -0.191. The second-order valence-corrected chi connectivity index (χ2v) is 5.85. The highest BCUT2D eigenvalue weighted by molar-refractivity contribution is 9.10. The van der Waals surface area contributed by atoms with Crippen molar-refractivity contribution in [2.45, 2.75) is 12.4 Å². The minimum absolute atomic E-state index is 0.191. The molecule has 2 aromatic rings. The lowest BCUT2D eigenvalue weighted by Gasteiger charge is -2.07. The van der Waals surface area contributed by atoms with Gasteiger partial charge in [0.1, 0.15) is 0 Å². The van der Waals surface area contributed by atoms with Crippen molar-refractivity contribution in [2.24, 2.45) is 0 Å². The summed E-state index contributed by atoms with van der Waals surface area (Å²) in [6.07, 6.45) is 0. The number of alkyl halides is 1. The standard InChI is InChI=1S/C15H12BrCl2NO/c16-12-5-6-13(14(18)7-12)15(20)19-9-11-3-1-10(8-17)2-4-11/h1-7H,8-9H2,(H,19,20). The van der Waals surface area contributed by atoms with Crippen LogP contribution in [-0.4, -0.2) is 5.91 Å². The van der Waals surface area contributed by atoms with E-state index in [-0.39, 0.29) is 5.91 Å². The van der Waals surface area contributed by atoms with Crippen LogP contribution in [0.3, 0.4) is 0 Å². The first kappa shape index (κ1) is 15.4. The summed E-state index contributed by atoms with van der Waals surface area (Å²) in [6.45, 7) is 0.452. The quantitative estimate of drug-likeness (QED) is 0.769. The van der Waals surface area contributed by atoms with Crippen LogP contribution in [0.15, 0.2) is 46.9 Å². The number of carbonyl (C=O) groups is 1. The Morgan fingerprint density at radius 3 is 2.35 bits per heavy atom. The fourth-order valence-electron chi connectivity index (χ4n) is 1.70. The van der Waals surface area contributed by atoms with Crippen LogP contribution in [-0.2, 0) is 12.4 Å². The van der Waals surface area contributed by atoms with Crippen molar-refractivity contribution >= 4 is 45.0 Å². The number of halogens is 3. The first-order valence-corrected chi connectivity index (χ1v) is 7.67. The first-order chi connectivity index (χ1) is 9.60. The van der Waals surface area contributed by atoms with Crippen LogP contribution in [0.25, 0.3) is 0 Å². The molecule has 0 bridgehead atoms. The Bertz CT molecular complexity index is 614. The third-order valence-electron chi connectivity index (χ3n) is 2.81. The van der Waals surface area contributed by atoms with Crippen LogP contribution in [0.5, 0.6) is 0 Å². The van der Waals surface area contributed by atoms with Gasteiger partial charge in [-0.05, 0) is 29.3 Å². The summed E-state index contributed by atoms with van der Waals surface area (Å²) in [6, 6.07) is 13.0. The van der Waals surface area contributed by atoms with Gasteiger partial charge in [-0.2, -0.15) is 0 Å². The molecule has 0 aliphatic carbocycles. The molecule has 0 aliphatic rings. The van der Waals surface area contributed by atoms with Gasteiger partial charge in [-0.25, -0.2) is 0 Å². The van der Waals surface area contributed by atoms with Crippen LogP contribution in [0, 0.1) is 0 Å². The van der Waals surface area contributed by atoms with E-state index in [2.05, 4.69) is 21.2 Å². The molecule has 0 radical (unpaired) electrons. The lowest BCUT2D eigenvalue weighted by Crippen LogP contribution is -2.23. The molecule has 0 saturated carbocycles. The van der Waals surface area contributed by atoms with Crippen molar-refractivity contribution < 1.29 is 4.79 Å². The Kier molecular flexibility index (Phi) is 5.46. The van der Waals surface area contributed by atoms with Gasteiger partial charge in [-0.1, -0.05) is 51.8 Å². The molecule has 2 aromatic carbocycles. The third kappa shape index (κ3) is 3.98. The SMILES string of the molecule is O=C(NCc1ccc(CCl)cc1)c1ccc(Br)cc1Cl. The summed E-state index contributed by atoms with van der Waals surface area (Å²) in [4.78, 5) is 12.0. The van der Waals surface area contributed by atoms with E-state index in [9.17, 15) is 4.79 Å². The molecule has 0 aromatic heterocycles. The highest BCUT2D eigenvalue weighted by Crippen LogP contribution is 2.21. The summed E-state index contributed by atoms with van der Waals surface area (Å²) in [5.41, 5.74) is 2.53. The Balaban J connectivity index is 2.00. The van der Waals surface area contributed by atoms with Crippen LogP contribution in [0.1, 0.15) is 21.5 Å². The first-order valence-electron chi connectivity index (χ1n) is 5.97. The molecule has 2 rings (SSSR count). The van der Waals surface area contributed by atoms with Crippen LogP contribution in [0.2, 0.25) is 5.02 Å². The van der Waals surface area contributed by atoms with Crippen molar-refractivity contribution in [3.8, 4) is 0 Å². The van der Waals surface area contributed by atoms with E-state index >= 15 is 0 Å². The van der Waals surface area contributed by atoms with Crippen molar-refractivity contribution in [1.82, 2.24) is 5.32 Å². The number of benzene rings is 2. The lowest BCUT2D eigenvalue weighted by molar-refractivity contribution is 0.0951. The van der Waals surface area contributed by atoms with Gasteiger partial charge in [0, 0.05) is 16.9 Å². The average molecular weight is 373 g/mol. The van der Waals surface area contributed by atoms with Gasteiger partial charge in [0.2, 0.25) is 0 Å². The molecule has 0 saturated heterocycles. The molecule has 0 atom stereocenters. The van der Waals surface area contributed by atoms with Gasteiger partial charge >= 0.3 is 0 Å². The Morgan fingerprint density at radius 2 is 1.75 bits per heavy atom. The molecule has 1 amide bonds. The van der Waals surface area contributed by atoms with Crippen molar-refractivity contribution in [3.63, 3.8) is 0 Å². The molecule has 0 spiro atoms. The van der Waals surface area contributed by atoms with E-state index in [0.717, 1.165) is 15.6 Å². The molecule has 0 heterocycles. The van der Waals surface area contributed by atoms with E-state index < -0.39 is 0 Å². The smallest absolute Gasteiger partial charge is 0.253 e. The summed E-state index contributed by atoms with van der Waals surface area (Å²) in [5.74, 6) is 0.296. The second-order valence-electron chi connectivity index (χ2n) is 4.26. The van der Waals surface area contributed by atoms with Gasteiger partial charge in [-0.3, -0.25) is 4.79 Å². The number of nitrogens with one attached hydrogen (secondary N) is 1. The van der Waals surface area contributed by atoms with Gasteiger partial charge in [0.05, 0.1) is 10.6 Å². The van der Waals surface area contributed by atoms with E-state index in [1.54, 1.807) is 18.2 Å². The topological polar surface area (TPSA) is 29.1 Å². The highest BCUT2D eigenvalue weighted by atomic mass is 79.9. The van der Waals surface area contributed by atoms with Gasteiger partial charge in [0.25, 0.3) is 5.91 Å². The fourth-order valence-corrected chi connectivity index (χ4v) is 2.63. The molecular weight excluding hydrogens is 361 g/mol. The maximum Gasteiger partial charge on any atom is 0.253 e. The number of rotatable bonds is 4. The highest BCUT2D eigenvalue weighted by Gasteiger charge is 2.10. The number of amides is 1. The maximum absolute atomic E-state index is 12.0. The predicted molar refractivity (Wildman–Crippen MR) is 86.3 cm³/mol. The number of carbonyl (C=O) groups excluding carboxylic acids is 1. The fraction of sp³-hybridized carbons (Fsp3) is 0.133.